The Bertz CT molecular complexity index is 430. The molecule has 0 bridgehead atoms. The summed E-state index contributed by atoms with van der Waals surface area (Å²) in [6.45, 7) is 0.549. The summed E-state index contributed by atoms with van der Waals surface area (Å²) < 4.78 is 6.29. The second kappa shape index (κ2) is 6.45. The largest absolute Gasteiger partial charge is 0.394 e. The maximum absolute atomic E-state index is 11.6. The summed E-state index contributed by atoms with van der Waals surface area (Å²) >= 11 is 0. The molecule has 8 nitrogen and oxygen atoms in total. The summed E-state index contributed by atoms with van der Waals surface area (Å²) in [5.41, 5.74) is 4.66. The smallest absolute Gasteiger partial charge is 0.351 e. The Morgan fingerprint density at radius 2 is 2.11 bits per heavy atom. The van der Waals surface area contributed by atoms with Gasteiger partial charge in [0.2, 0.25) is 0 Å². The van der Waals surface area contributed by atoms with Gasteiger partial charge in [0.05, 0.1) is 19.3 Å². The zero-order valence-electron chi connectivity index (χ0n) is 9.93. The number of nitrogens with zero attached hydrogens (tertiary/aromatic N) is 2. The predicted molar refractivity (Wildman–Crippen MR) is 62.7 cm³/mol. The van der Waals surface area contributed by atoms with E-state index in [1.165, 1.54) is 19.2 Å². The summed E-state index contributed by atoms with van der Waals surface area (Å²) in [5, 5.41) is 27.4. The molecule has 1 heterocycles. The highest BCUT2D eigenvalue weighted by atomic mass is 16.5. The van der Waals surface area contributed by atoms with Crippen LogP contribution in [0.25, 0.3) is 0 Å². The van der Waals surface area contributed by atoms with Gasteiger partial charge in [0, 0.05) is 6.20 Å². The highest BCUT2D eigenvalue weighted by molar-refractivity contribution is 5.23. The van der Waals surface area contributed by atoms with Crippen molar-refractivity contribution in [2.24, 2.45) is 0 Å². The van der Waals surface area contributed by atoms with Gasteiger partial charge in [0.25, 0.3) is 0 Å². The van der Waals surface area contributed by atoms with E-state index < -0.39 is 37.3 Å². The van der Waals surface area contributed by atoms with Gasteiger partial charge in [0.1, 0.15) is 11.9 Å². The minimum absolute atomic E-state index is 0.0569. The number of nitrogens with two attached hydrogens (primary N) is 1. The van der Waals surface area contributed by atoms with Gasteiger partial charge in [-0.25, -0.2) is 4.79 Å². The molecule has 1 aromatic heterocycles. The van der Waals surface area contributed by atoms with Crippen LogP contribution in [0.2, 0.25) is 0 Å². The van der Waals surface area contributed by atoms with E-state index in [0.29, 0.717) is 0 Å². The first kappa shape index (κ1) is 14.6. The van der Waals surface area contributed by atoms with Crippen molar-refractivity contribution in [1.29, 1.82) is 0 Å². The van der Waals surface area contributed by atoms with Gasteiger partial charge >= 0.3 is 5.69 Å². The van der Waals surface area contributed by atoms with Crippen LogP contribution >= 0.6 is 0 Å². The molecule has 102 valence electrons. The summed E-state index contributed by atoms with van der Waals surface area (Å²) in [4.78, 5) is 15.1. The Labute approximate surface area is 103 Å². The molecule has 0 radical (unpaired) electrons. The van der Waals surface area contributed by atoms with Gasteiger partial charge < -0.3 is 25.8 Å². The first-order chi connectivity index (χ1) is 8.49. The molecule has 2 atom stereocenters. The highest BCUT2D eigenvalue weighted by Crippen LogP contribution is 2.14. The highest BCUT2D eigenvalue weighted by Gasteiger charge is 2.23. The molecule has 0 aliphatic heterocycles. The average Bonchev–Trinajstić information content (AvgIpc) is 2.32. The van der Waals surface area contributed by atoms with E-state index in [1.807, 2.05) is 0 Å². The zero-order valence-corrected chi connectivity index (χ0v) is 9.93. The van der Waals surface area contributed by atoms with Gasteiger partial charge in [0.15, 0.2) is 6.23 Å². The molecular weight excluding hydrogens is 242 g/mol. The maximum Gasteiger partial charge on any atom is 0.351 e. The van der Waals surface area contributed by atoms with Crippen LogP contribution in [-0.4, -0.2) is 50.3 Å². The summed E-state index contributed by atoms with van der Waals surface area (Å²) in [6.07, 6.45) is -1.66. The maximum atomic E-state index is 11.6. The van der Waals surface area contributed by atoms with E-state index >= 15 is 0 Å². The molecule has 0 fully saturated rings. The Morgan fingerprint density at radius 3 is 2.56 bits per heavy atom. The van der Waals surface area contributed by atoms with Crippen molar-refractivity contribution >= 4 is 5.82 Å². The van der Waals surface area contributed by atoms with Crippen molar-refractivity contribution in [3.05, 3.63) is 22.7 Å². The van der Waals surface area contributed by atoms with Crippen LogP contribution < -0.4 is 11.4 Å². The van der Waals surface area contributed by atoms with Crippen LogP contribution in [0.15, 0.2) is 17.1 Å². The van der Waals surface area contributed by atoms with E-state index in [2.05, 4.69) is 4.98 Å². The molecule has 0 spiro atoms. The molecule has 5 N–H and O–H groups in total. The van der Waals surface area contributed by atoms with Gasteiger partial charge in [-0.05, 0) is 13.0 Å². The van der Waals surface area contributed by atoms with E-state index in [9.17, 15) is 9.90 Å². The van der Waals surface area contributed by atoms with Gasteiger partial charge in [-0.2, -0.15) is 4.98 Å². The topological polar surface area (TPSA) is 131 Å². The number of aliphatic hydroxyl groups is 3. The number of anilines is 1. The molecule has 18 heavy (non-hydrogen) atoms. The lowest BCUT2D eigenvalue weighted by Crippen LogP contribution is -2.38. The molecule has 8 heteroatoms. The molecule has 1 rings (SSSR count). The van der Waals surface area contributed by atoms with Crippen molar-refractivity contribution in [2.75, 3.05) is 18.9 Å². The standard InChI is InChI=1S/C10H17N3O5/c1-6(16)9(18-7(4-14)5-15)13-3-2-8(11)12-10(13)17/h2-3,6-7,9,14-16H,4-5H2,1H3,(H2,11,12,17)/t6-,9-/m1/s1. The number of nitrogen functional groups attached to an aromatic ring is 1. The van der Waals surface area contributed by atoms with Crippen LogP contribution in [0.4, 0.5) is 5.82 Å². The number of aliphatic hydroxyl groups excluding tert-OH is 3. The van der Waals surface area contributed by atoms with Crippen molar-refractivity contribution in [3.63, 3.8) is 0 Å². The summed E-state index contributed by atoms with van der Waals surface area (Å²) in [5.74, 6) is 0.0569. The fourth-order valence-electron chi connectivity index (χ4n) is 1.37. The van der Waals surface area contributed by atoms with Crippen LogP contribution in [-0.2, 0) is 4.74 Å². The van der Waals surface area contributed by atoms with Crippen molar-refractivity contribution in [3.8, 4) is 0 Å². The molecule has 0 unspecified atom stereocenters. The lowest BCUT2D eigenvalue weighted by Gasteiger charge is -2.26. The van der Waals surface area contributed by atoms with Gasteiger partial charge in [-0.15, -0.1) is 0 Å². The fraction of sp³-hybridized carbons (Fsp3) is 0.600. The molecule has 0 saturated heterocycles. The number of aromatic nitrogens is 2. The Morgan fingerprint density at radius 1 is 1.50 bits per heavy atom. The quantitative estimate of drug-likeness (QED) is 0.468. The number of rotatable bonds is 6. The third kappa shape index (κ3) is 3.50. The van der Waals surface area contributed by atoms with Crippen LogP contribution in [0.5, 0.6) is 0 Å². The zero-order chi connectivity index (χ0) is 13.7. The summed E-state index contributed by atoms with van der Waals surface area (Å²) in [6, 6.07) is 1.38. The number of ether oxygens (including phenoxy) is 1. The lowest BCUT2D eigenvalue weighted by atomic mass is 10.3. The molecule has 1 aromatic rings. The first-order valence-corrected chi connectivity index (χ1v) is 5.39. The molecule has 0 aromatic carbocycles. The average molecular weight is 259 g/mol. The number of hydrogen-bond donors (Lipinski definition) is 4. The van der Waals surface area contributed by atoms with Crippen LogP contribution in [0, 0.1) is 0 Å². The second-order valence-electron chi connectivity index (χ2n) is 3.80. The number of hydrogen-bond acceptors (Lipinski definition) is 7. The van der Waals surface area contributed by atoms with Gasteiger partial charge in [-0.3, -0.25) is 4.57 Å². The second-order valence-corrected chi connectivity index (χ2v) is 3.80. The van der Waals surface area contributed by atoms with Crippen LogP contribution in [0.3, 0.4) is 0 Å². The van der Waals surface area contributed by atoms with Crippen molar-refractivity contribution in [2.45, 2.75) is 25.4 Å². The molecule has 0 amide bonds. The Balaban J connectivity index is 3.01. The van der Waals surface area contributed by atoms with Crippen molar-refractivity contribution in [1.82, 2.24) is 9.55 Å². The Hall–Kier alpha value is -1.48. The lowest BCUT2D eigenvalue weighted by molar-refractivity contribution is -0.137. The molecule has 0 aliphatic carbocycles. The minimum atomic E-state index is -1.06. The van der Waals surface area contributed by atoms with Crippen molar-refractivity contribution < 1.29 is 20.1 Å². The minimum Gasteiger partial charge on any atom is -0.394 e. The van der Waals surface area contributed by atoms with Gasteiger partial charge in [-0.1, -0.05) is 0 Å². The normalized spacial score (nSPS) is 14.7. The Kier molecular flexibility index (Phi) is 5.23. The SMILES string of the molecule is C[C@@H](O)[C@@H](OC(CO)CO)n1ccc(N)nc1=O. The molecule has 0 aliphatic rings. The molecule has 0 saturated carbocycles. The predicted octanol–water partition coefficient (Wildman–Crippen LogP) is -1.93. The van der Waals surface area contributed by atoms with Crippen LogP contribution in [0.1, 0.15) is 13.2 Å². The summed E-state index contributed by atoms with van der Waals surface area (Å²) in [7, 11) is 0. The molecular formula is C10H17N3O5. The van der Waals surface area contributed by atoms with E-state index in [0.717, 1.165) is 4.57 Å². The monoisotopic (exact) mass is 259 g/mol. The third-order valence-electron chi connectivity index (χ3n) is 2.28. The first-order valence-electron chi connectivity index (χ1n) is 5.39. The van der Waals surface area contributed by atoms with E-state index in [4.69, 9.17) is 20.7 Å². The van der Waals surface area contributed by atoms with E-state index in [-0.39, 0.29) is 5.82 Å². The fourth-order valence-corrected chi connectivity index (χ4v) is 1.37. The van der Waals surface area contributed by atoms with E-state index in [1.54, 1.807) is 0 Å². The third-order valence-corrected chi connectivity index (χ3v) is 2.28.